The average molecular weight is 433 g/mol. The lowest BCUT2D eigenvalue weighted by atomic mass is 10.1. The Morgan fingerprint density at radius 2 is 1.35 bits per heavy atom. The summed E-state index contributed by atoms with van der Waals surface area (Å²) >= 11 is 0. The molecule has 0 aliphatic carbocycles. The van der Waals surface area contributed by atoms with Gasteiger partial charge in [0.15, 0.2) is 0 Å². The monoisotopic (exact) mass is 432 g/mol. The lowest BCUT2D eigenvalue weighted by Crippen LogP contribution is -2.24. The third-order valence-electron chi connectivity index (χ3n) is 5.64. The predicted molar refractivity (Wildman–Crippen MR) is 132 cm³/mol. The molecule has 1 rings (SSSR count). The van der Waals surface area contributed by atoms with Gasteiger partial charge >= 0.3 is 0 Å². The van der Waals surface area contributed by atoms with Gasteiger partial charge in [0.1, 0.15) is 6.10 Å². The van der Waals surface area contributed by atoms with Crippen molar-refractivity contribution in [1.82, 2.24) is 0 Å². The van der Waals surface area contributed by atoms with Crippen molar-refractivity contribution in [2.24, 2.45) is 0 Å². The first-order valence-corrected chi connectivity index (χ1v) is 12.9. The topological polar surface area (TPSA) is 38.7 Å². The van der Waals surface area contributed by atoms with E-state index < -0.39 is 0 Å². The maximum absolute atomic E-state index is 9.44. The molecule has 1 atom stereocenters. The molecule has 1 N–H and O–H groups in total. The lowest BCUT2D eigenvalue weighted by Gasteiger charge is -2.15. The van der Waals surface area contributed by atoms with Crippen LogP contribution in [-0.2, 0) is 16.1 Å². The zero-order valence-corrected chi connectivity index (χ0v) is 20.1. The molecule has 1 aromatic carbocycles. The van der Waals surface area contributed by atoms with E-state index in [0.717, 1.165) is 18.6 Å². The van der Waals surface area contributed by atoms with Crippen LogP contribution in [0.3, 0.4) is 0 Å². The summed E-state index contributed by atoms with van der Waals surface area (Å²) in [6.07, 6.45) is 23.0. The average Bonchev–Trinajstić information content (AvgIpc) is 2.81. The second-order valence-corrected chi connectivity index (χ2v) is 8.61. The highest BCUT2D eigenvalue weighted by Gasteiger charge is 2.08. The van der Waals surface area contributed by atoms with Gasteiger partial charge in [-0.1, -0.05) is 107 Å². The van der Waals surface area contributed by atoms with Gasteiger partial charge in [0.2, 0.25) is 0 Å². The van der Waals surface area contributed by atoms with Gasteiger partial charge in [-0.3, -0.25) is 0 Å². The standard InChI is InChI=1S/C28H48O3/c1-2-3-4-5-6-7-8-9-10-11-12-13-14-15-16-20-23-30-26-28(24-29)31-25-27-21-18-17-19-22-27/h9-10,17-19,21-22,28-29H,2-8,11-16,20,23-26H2,1H3/b10-9-. The van der Waals surface area contributed by atoms with E-state index in [1.807, 2.05) is 30.3 Å². The van der Waals surface area contributed by atoms with Gasteiger partial charge in [-0.05, 0) is 37.7 Å². The highest BCUT2D eigenvalue weighted by molar-refractivity contribution is 5.13. The van der Waals surface area contributed by atoms with Crippen LogP contribution >= 0.6 is 0 Å². The Morgan fingerprint density at radius 1 is 0.774 bits per heavy atom. The molecule has 0 fully saturated rings. The molecule has 0 saturated heterocycles. The molecule has 0 spiro atoms. The zero-order valence-electron chi connectivity index (χ0n) is 20.1. The van der Waals surface area contributed by atoms with E-state index in [9.17, 15) is 5.11 Å². The number of aliphatic hydroxyl groups is 1. The van der Waals surface area contributed by atoms with E-state index in [2.05, 4.69) is 19.1 Å². The predicted octanol–water partition coefficient (Wildman–Crippen LogP) is 7.62. The third-order valence-corrected chi connectivity index (χ3v) is 5.64. The Kier molecular flexibility index (Phi) is 19.8. The lowest BCUT2D eigenvalue weighted by molar-refractivity contribution is -0.0502. The number of allylic oxidation sites excluding steroid dienone is 2. The molecule has 0 aliphatic heterocycles. The number of hydrogen-bond acceptors (Lipinski definition) is 3. The van der Waals surface area contributed by atoms with Crippen molar-refractivity contribution in [3.63, 3.8) is 0 Å². The molecule has 0 heterocycles. The van der Waals surface area contributed by atoms with Crippen molar-refractivity contribution >= 4 is 0 Å². The minimum absolute atomic E-state index is 0.000237. The van der Waals surface area contributed by atoms with Gasteiger partial charge in [-0.2, -0.15) is 0 Å². The van der Waals surface area contributed by atoms with Crippen molar-refractivity contribution in [3.8, 4) is 0 Å². The molecular weight excluding hydrogens is 384 g/mol. The second-order valence-electron chi connectivity index (χ2n) is 8.61. The molecule has 31 heavy (non-hydrogen) atoms. The molecular formula is C28H48O3. The summed E-state index contributed by atoms with van der Waals surface area (Å²) in [4.78, 5) is 0. The van der Waals surface area contributed by atoms with Crippen LogP contribution in [0.2, 0.25) is 0 Å². The fourth-order valence-electron chi connectivity index (χ4n) is 3.61. The molecule has 0 aromatic heterocycles. The van der Waals surface area contributed by atoms with E-state index >= 15 is 0 Å². The first-order chi connectivity index (χ1) is 15.4. The number of benzene rings is 1. The fraction of sp³-hybridized carbons (Fsp3) is 0.714. The van der Waals surface area contributed by atoms with Crippen LogP contribution in [0.4, 0.5) is 0 Å². The summed E-state index contributed by atoms with van der Waals surface area (Å²) in [6.45, 7) is 4.02. The summed E-state index contributed by atoms with van der Waals surface area (Å²) in [6, 6.07) is 10.0. The maximum Gasteiger partial charge on any atom is 0.104 e. The zero-order chi connectivity index (χ0) is 22.2. The van der Waals surface area contributed by atoms with Crippen molar-refractivity contribution in [2.45, 2.75) is 110 Å². The van der Waals surface area contributed by atoms with Gasteiger partial charge in [0.25, 0.3) is 0 Å². The molecule has 1 unspecified atom stereocenters. The maximum atomic E-state index is 9.44. The van der Waals surface area contributed by atoms with Crippen LogP contribution < -0.4 is 0 Å². The molecule has 0 aliphatic rings. The molecule has 3 nitrogen and oxygen atoms in total. The van der Waals surface area contributed by atoms with E-state index in [4.69, 9.17) is 9.47 Å². The Balaban J connectivity index is 1.82. The summed E-state index contributed by atoms with van der Waals surface area (Å²) < 4.78 is 11.4. The number of rotatable bonds is 22. The van der Waals surface area contributed by atoms with Gasteiger partial charge in [0.05, 0.1) is 19.8 Å². The van der Waals surface area contributed by atoms with Gasteiger partial charge in [-0.15, -0.1) is 0 Å². The minimum atomic E-state index is -0.241. The molecule has 1 aromatic rings. The number of hydrogen-bond donors (Lipinski definition) is 1. The fourth-order valence-corrected chi connectivity index (χ4v) is 3.61. The Bertz CT molecular complexity index is 500. The quantitative estimate of drug-likeness (QED) is 0.151. The summed E-state index contributed by atoms with van der Waals surface area (Å²) in [5.41, 5.74) is 1.12. The number of ether oxygens (including phenoxy) is 2. The molecule has 3 heteroatoms. The second kappa shape index (κ2) is 22.0. The third kappa shape index (κ3) is 18.1. The first-order valence-electron chi connectivity index (χ1n) is 12.9. The molecule has 178 valence electrons. The summed E-state index contributed by atoms with van der Waals surface area (Å²) in [5.74, 6) is 0. The summed E-state index contributed by atoms with van der Waals surface area (Å²) in [7, 11) is 0. The Morgan fingerprint density at radius 3 is 1.97 bits per heavy atom. The van der Waals surface area contributed by atoms with E-state index in [-0.39, 0.29) is 12.7 Å². The highest BCUT2D eigenvalue weighted by Crippen LogP contribution is 2.10. The SMILES string of the molecule is CCCCCCCC/C=C\CCCCCCCCOCC(CO)OCc1ccccc1. The number of aliphatic hydroxyl groups excluding tert-OH is 1. The number of unbranched alkanes of at least 4 members (excludes halogenated alkanes) is 12. The Labute approximate surface area is 192 Å². The minimum Gasteiger partial charge on any atom is -0.394 e. The van der Waals surface area contributed by atoms with Crippen LogP contribution in [0.15, 0.2) is 42.5 Å². The van der Waals surface area contributed by atoms with Crippen LogP contribution in [-0.4, -0.2) is 31.0 Å². The van der Waals surface area contributed by atoms with Crippen LogP contribution in [0.1, 0.15) is 102 Å². The van der Waals surface area contributed by atoms with E-state index in [1.54, 1.807) is 0 Å². The Hall–Kier alpha value is -1.16. The normalized spacial score (nSPS) is 12.6. The van der Waals surface area contributed by atoms with Gasteiger partial charge in [-0.25, -0.2) is 0 Å². The largest absolute Gasteiger partial charge is 0.394 e. The van der Waals surface area contributed by atoms with Gasteiger partial charge < -0.3 is 14.6 Å². The van der Waals surface area contributed by atoms with E-state index in [0.29, 0.717) is 13.2 Å². The van der Waals surface area contributed by atoms with Crippen LogP contribution in [0, 0.1) is 0 Å². The van der Waals surface area contributed by atoms with Crippen molar-refractivity contribution in [2.75, 3.05) is 19.8 Å². The van der Waals surface area contributed by atoms with Crippen molar-refractivity contribution in [1.29, 1.82) is 0 Å². The summed E-state index contributed by atoms with van der Waals surface area (Å²) in [5, 5.41) is 9.44. The smallest absolute Gasteiger partial charge is 0.104 e. The van der Waals surface area contributed by atoms with Crippen LogP contribution in [0.5, 0.6) is 0 Å². The molecule has 0 radical (unpaired) electrons. The van der Waals surface area contributed by atoms with Crippen molar-refractivity contribution < 1.29 is 14.6 Å². The van der Waals surface area contributed by atoms with Gasteiger partial charge in [0, 0.05) is 6.61 Å². The first kappa shape index (κ1) is 27.9. The molecule has 0 bridgehead atoms. The molecule has 0 amide bonds. The van der Waals surface area contributed by atoms with Crippen molar-refractivity contribution in [3.05, 3.63) is 48.0 Å². The van der Waals surface area contributed by atoms with E-state index in [1.165, 1.54) is 83.5 Å². The molecule has 0 saturated carbocycles. The van der Waals surface area contributed by atoms with Crippen LogP contribution in [0.25, 0.3) is 0 Å². The highest BCUT2D eigenvalue weighted by atomic mass is 16.5.